The molecule has 0 unspecified atom stereocenters. The van der Waals surface area contributed by atoms with Crippen LogP contribution >= 0.6 is 0 Å². The van der Waals surface area contributed by atoms with Gasteiger partial charge < -0.3 is 14.8 Å². The second-order valence-electron chi connectivity index (χ2n) is 5.65. The lowest BCUT2D eigenvalue weighted by molar-refractivity contribution is -0.148. The molecule has 1 atom stereocenters. The molecule has 2 rings (SSSR count). The van der Waals surface area contributed by atoms with E-state index in [4.69, 9.17) is 9.47 Å². The molecule has 5 heteroatoms. The van der Waals surface area contributed by atoms with Crippen molar-refractivity contribution in [2.24, 2.45) is 5.92 Å². The summed E-state index contributed by atoms with van der Waals surface area (Å²) in [6.07, 6.45) is 1.76. The fourth-order valence-electron chi connectivity index (χ4n) is 2.33. The first-order valence-corrected chi connectivity index (χ1v) is 7.73. The Balaban J connectivity index is 1.69. The monoisotopic (exact) mass is 305 g/mol. The summed E-state index contributed by atoms with van der Waals surface area (Å²) >= 11 is 0. The molecule has 0 radical (unpaired) electrons. The van der Waals surface area contributed by atoms with Crippen LogP contribution in [0.4, 0.5) is 0 Å². The number of hydrogen-bond donors (Lipinski definition) is 1. The van der Waals surface area contributed by atoms with Gasteiger partial charge in [-0.2, -0.15) is 0 Å². The molecule has 1 heterocycles. The first kappa shape index (κ1) is 16.5. The highest BCUT2D eigenvalue weighted by atomic mass is 16.5. The summed E-state index contributed by atoms with van der Waals surface area (Å²) in [6, 6.07) is 9.65. The molecular formula is C17H23NO4. The first-order chi connectivity index (χ1) is 10.6. The third-order valence-electron chi connectivity index (χ3n) is 3.73. The topological polar surface area (TPSA) is 64.6 Å². The molecule has 0 spiro atoms. The van der Waals surface area contributed by atoms with E-state index in [0.29, 0.717) is 13.2 Å². The minimum atomic E-state index is -0.383. The molecule has 1 fully saturated rings. The van der Waals surface area contributed by atoms with Crippen LogP contribution in [0.3, 0.4) is 0 Å². The predicted octanol–water partition coefficient (Wildman–Crippen LogP) is 2.05. The second-order valence-corrected chi connectivity index (χ2v) is 5.65. The average Bonchev–Trinajstić information content (AvgIpc) is 2.55. The zero-order chi connectivity index (χ0) is 15.8. The summed E-state index contributed by atoms with van der Waals surface area (Å²) in [5, 5.41) is 2.97. The van der Waals surface area contributed by atoms with Crippen molar-refractivity contribution in [3.63, 3.8) is 0 Å². The summed E-state index contributed by atoms with van der Waals surface area (Å²) in [4.78, 5) is 23.9. The van der Waals surface area contributed by atoms with Gasteiger partial charge in [-0.25, -0.2) is 0 Å². The second kappa shape index (κ2) is 8.54. The van der Waals surface area contributed by atoms with Crippen molar-refractivity contribution >= 4 is 11.9 Å². The van der Waals surface area contributed by atoms with Crippen LogP contribution in [-0.2, 0) is 25.7 Å². The van der Waals surface area contributed by atoms with E-state index in [9.17, 15) is 9.59 Å². The van der Waals surface area contributed by atoms with Gasteiger partial charge in [0.2, 0.25) is 5.91 Å². The molecule has 1 aliphatic heterocycles. The standard InChI is InChI=1S/C17H23NO4/c1-13(17(20)18-15-7-9-21-10-8-15)11-16(19)22-12-14-5-3-2-4-6-14/h2-6,13,15H,7-12H2,1H3,(H,18,20)/t13-/m1/s1. The number of rotatable bonds is 6. The van der Waals surface area contributed by atoms with E-state index in [-0.39, 0.29) is 36.9 Å². The fourth-order valence-corrected chi connectivity index (χ4v) is 2.33. The van der Waals surface area contributed by atoms with Crippen molar-refractivity contribution in [3.8, 4) is 0 Å². The van der Waals surface area contributed by atoms with Crippen LogP contribution in [0.5, 0.6) is 0 Å². The smallest absolute Gasteiger partial charge is 0.306 e. The third-order valence-corrected chi connectivity index (χ3v) is 3.73. The molecule has 0 saturated carbocycles. The molecule has 0 bridgehead atoms. The van der Waals surface area contributed by atoms with Crippen molar-refractivity contribution < 1.29 is 19.1 Å². The van der Waals surface area contributed by atoms with Gasteiger partial charge in [-0.15, -0.1) is 0 Å². The summed E-state index contributed by atoms with van der Waals surface area (Å²) in [5.41, 5.74) is 0.940. The van der Waals surface area contributed by atoms with Crippen molar-refractivity contribution in [1.29, 1.82) is 0 Å². The zero-order valence-electron chi connectivity index (χ0n) is 12.9. The van der Waals surface area contributed by atoms with Crippen LogP contribution in [0, 0.1) is 5.92 Å². The van der Waals surface area contributed by atoms with E-state index in [1.54, 1.807) is 6.92 Å². The normalized spacial score (nSPS) is 16.8. The van der Waals surface area contributed by atoms with Gasteiger partial charge in [0.15, 0.2) is 0 Å². The van der Waals surface area contributed by atoms with E-state index in [1.165, 1.54) is 0 Å². The number of amides is 1. The number of esters is 1. The van der Waals surface area contributed by atoms with E-state index in [0.717, 1.165) is 18.4 Å². The molecule has 5 nitrogen and oxygen atoms in total. The maximum absolute atomic E-state index is 12.1. The van der Waals surface area contributed by atoms with Gasteiger partial charge in [-0.05, 0) is 18.4 Å². The Morgan fingerprint density at radius 3 is 2.64 bits per heavy atom. The Morgan fingerprint density at radius 2 is 1.95 bits per heavy atom. The first-order valence-electron chi connectivity index (χ1n) is 7.73. The SMILES string of the molecule is C[C@H](CC(=O)OCc1ccccc1)C(=O)NC1CCOCC1. The zero-order valence-corrected chi connectivity index (χ0v) is 12.9. The van der Waals surface area contributed by atoms with Crippen LogP contribution in [-0.4, -0.2) is 31.1 Å². The van der Waals surface area contributed by atoms with Crippen molar-refractivity contribution in [2.75, 3.05) is 13.2 Å². The number of hydrogen-bond acceptors (Lipinski definition) is 4. The highest BCUT2D eigenvalue weighted by Crippen LogP contribution is 2.10. The van der Waals surface area contributed by atoms with Gasteiger partial charge >= 0.3 is 5.97 Å². The van der Waals surface area contributed by atoms with Crippen LogP contribution in [0.2, 0.25) is 0 Å². The van der Waals surface area contributed by atoms with Crippen LogP contribution in [0.25, 0.3) is 0 Å². The van der Waals surface area contributed by atoms with Crippen molar-refractivity contribution in [3.05, 3.63) is 35.9 Å². The summed E-state index contributed by atoms with van der Waals surface area (Å²) in [7, 11) is 0. The van der Waals surface area contributed by atoms with Gasteiger partial charge in [0.05, 0.1) is 6.42 Å². The molecule has 1 N–H and O–H groups in total. The number of carbonyl (C=O) groups excluding carboxylic acids is 2. The van der Waals surface area contributed by atoms with E-state index in [2.05, 4.69) is 5.32 Å². The Kier molecular flexibility index (Phi) is 6.40. The van der Waals surface area contributed by atoms with Crippen LogP contribution < -0.4 is 5.32 Å². The van der Waals surface area contributed by atoms with Gasteiger partial charge in [-0.1, -0.05) is 37.3 Å². The van der Waals surface area contributed by atoms with E-state index >= 15 is 0 Å². The number of benzene rings is 1. The quantitative estimate of drug-likeness (QED) is 0.817. The number of nitrogens with one attached hydrogen (secondary N) is 1. The summed E-state index contributed by atoms with van der Waals surface area (Å²) in [5.74, 6) is -0.826. The molecular weight excluding hydrogens is 282 g/mol. The van der Waals surface area contributed by atoms with Gasteiger partial charge in [0.25, 0.3) is 0 Å². The Bertz CT molecular complexity index is 483. The molecule has 120 valence electrons. The van der Waals surface area contributed by atoms with Crippen LogP contribution in [0.15, 0.2) is 30.3 Å². The van der Waals surface area contributed by atoms with Crippen molar-refractivity contribution in [2.45, 2.75) is 38.8 Å². The highest BCUT2D eigenvalue weighted by Gasteiger charge is 2.22. The molecule has 0 aromatic heterocycles. The minimum absolute atomic E-state index is 0.0939. The lowest BCUT2D eigenvalue weighted by Crippen LogP contribution is -2.41. The molecule has 0 aliphatic carbocycles. The van der Waals surface area contributed by atoms with Gasteiger partial charge in [-0.3, -0.25) is 9.59 Å². The molecule has 1 saturated heterocycles. The average molecular weight is 305 g/mol. The number of carbonyl (C=O) groups is 2. The van der Waals surface area contributed by atoms with E-state index < -0.39 is 0 Å². The third kappa shape index (κ3) is 5.48. The molecule has 1 amide bonds. The molecule has 1 aliphatic rings. The minimum Gasteiger partial charge on any atom is -0.461 e. The molecule has 1 aromatic rings. The van der Waals surface area contributed by atoms with Crippen LogP contribution in [0.1, 0.15) is 31.7 Å². The molecule has 1 aromatic carbocycles. The highest BCUT2D eigenvalue weighted by molar-refractivity contribution is 5.83. The number of ether oxygens (including phenoxy) is 2. The lowest BCUT2D eigenvalue weighted by Gasteiger charge is -2.24. The summed E-state index contributed by atoms with van der Waals surface area (Å²) in [6.45, 7) is 3.35. The Labute approximate surface area is 131 Å². The maximum atomic E-state index is 12.1. The predicted molar refractivity (Wildman–Crippen MR) is 82.0 cm³/mol. The Morgan fingerprint density at radius 1 is 1.27 bits per heavy atom. The van der Waals surface area contributed by atoms with Crippen molar-refractivity contribution in [1.82, 2.24) is 5.32 Å². The Hall–Kier alpha value is -1.88. The van der Waals surface area contributed by atoms with E-state index in [1.807, 2.05) is 30.3 Å². The fraction of sp³-hybridized carbons (Fsp3) is 0.529. The maximum Gasteiger partial charge on any atom is 0.306 e. The largest absolute Gasteiger partial charge is 0.461 e. The summed E-state index contributed by atoms with van der Waals surface area (Å²) < 4.78 is 10.5. The molecule has 22 heavy (non-hydrogen) atoms. The lowest BCUT2D eigenvalue weighted by atomic mass is 10.0. The van der Waals surface area contributed by atoms with Gasteiger partial charge in [0.1, 0.15) is 6.61 Å². The van der Waals surface area contributed by atoms with Gasteiger partial charge in [0, 0.05) is 25.2 Å².